The quantitative estimate of drug-likeness (QED) is 0.140. The van der Waals surface area contributed by atoms with Gasteiger partial charge in [-0.25, -0.2) is 4.98 Å². The summed E-state index contributed by atoms with van der Waals surface area (Å²) in [5.74, 6) is 0.713. The van der Waals surface area contributed by atoms with Crippen LogP contribution in [0.5, 0.6) is 0 Å². The van der Waals surface area contributed by atoms with E-state index in [-0.39, 0.29) is 18.4 Å². The van der Waals surface area contributed by atoms with Gasteiger partial charge >= 0.3 is 0 Å². The molecule has 2 saturated heterocycles. The summed E-state index contributed by atoms with van der Waals surface area (Å²) in [5.41, 5.74) is 4.03. The number of likely N-dealkylation sites (tertiary alicyclic amines) is 2. The van der Waals surface area contributed by atoms with Crippen LogP contribution in [0.4, 0.5) is 5.69 Å². The highest BCUT2D eigenvalue weighted by atomic mass is 32.1. The fourth-order valence-corrected chi connectivity index (χ4v) is 5.76. The van der Waals surface area contributed by atoms with Crippen molar-refractivity contribution in [2.45, 2.75) is 73.6 Å². The zero-order chi connectivity index (χ0) is 42.1. The molecule has 0 spiro atoms. The number of carbonyl (C=O) groups is 5. The third-order valence-electron chi connectivity index (χ3n) is 7.25. The molecule has 4 N–H and O–H groups in total. The lowest BCUT2D eigenvalue weighted by Crippen LogP contribution is -2.37. The number of nitrogens with one attached hydrogen (secondary N) is 4. The van der Waals surface area contributed by atoms with Crippen LogP contribution in [0.15, 0.2) is 54.4 Å². The van der Waals surface area contributed by atoms with E-state index < -0.39 is 0 Å². The van der Waals surface area contributed by atoms with Gasteiger partial charge in [-0.2, -0.15) is 0 Å². The Labute approximate surface area is 337 Å². The van der Waals surface area contributed by atoms with Crippen molar-refractivity contribution in [2.75, 3.05) is 65.8 Å². The van der Waals surface area contributed by atoms with E-state index in [0.29, 0.717) is 19.4 Å². The molecule has 0 unspecified atom stereocenters. The van der Waals surface area contributed by atoms with Crippen LogP contribution in [0, 0.1) is 5.92 Å². The number of fused-ring (bicyclic) bond motifs is 1. The van der Waals surface area contributed by atoms with Gasteiger partial charge in [0.2, 0.25) is 18.2 Å². The second kappa shape index (κ2) is 32.4. The third kappa shape index (κ3) is 22.5. The molecule has 6 rings (SSSR count). The second-order valence-corrected chi connectivity index (χ2v) is 14.2. The molecular formula is C41H66N8O6S. The minimum atomic E-state index is -0.150. The number of hydrogen-bond donors (Lipinski definition) is 4. The minimum absolute atomic E-state index is 0.0303. The molecule has 15 heteroatoms. The predicted octanol–water partition coefficient (Wildman–Crippen LogP) is 6.38. The van der Waals surface area contributed by atoms with Crippen LogP contribution in [0.25, 0.3) is 27.2 Å². The number of aromatic amines is 1. The number of benzene rings is 1. The second-order valence-electron chi connectivity index (χ2n) is 13.3. The highest BCUT2D eigenvalue weighted by molar-refractivity contribution is 7.17. The summed E-state index contributed by atoms with van der Waals surface area (Å²) in [6.45, 7) is 17.5. The summed E-state index contributed by atoms with van der Waals surface area (Å²) < 4.78 is 5.98. The van der Waals surface area contributed by atoms with Gasteiger partial charge in [-0.1, -0.05) is 53.2 Å². The van der Waals surface area contributed by atoms with Crippen molar-refractivity contribution in [2.24, 2.45) is 5.92 Å². The summed E-state index contributed by atoms with van der Waals surface area (Å²) in [5, 5.41) is 10.9. The Morgan fingerprint density at radius 3 is 1.96 bits per heavy atom. The third-order valence-corrected chi connectivity index (χ3v) is 8.24. The van der Waals surface area contributed by atoms with Crippen molar-refractivity contribution >= 4 is 58.2 Å². The molecule has 1 aromatic carbocycles. The predicted molar refractivity (Wildman–Crippen MR) is 229 cm³/mol. The van der Waals surface area contributed by atoms with Crippen molar-refractivity contribution in [1.29, 1.82) is 0 Å². The topological polar surface area (TPSA) is 171 Å². The first kappa shape index (κ1) is 51.1. The molecule has 5 heterocycles. The molecule has 0 radical (unpaired) electrons. The van der Waals surface area contributed by atoms with Crippen molar-refractivity contribution < 1.29 is 28.7 Å². The summed E-state index contributed by atoms with van der Waals surface area (Å²) in [4.78, 5) is 63.1. The van der Waals surface area contributed by atoms with Gasteiger partial charge in [0.1, 0.15) is 11.1 Å². The number of aromatic nitrogens is 3. The molecule has 2 aliphatic rings. The lowest BCUT2D eigenvalue weighted by Gasteiger charge is -2.14. The SMILES string of the molecule is CC(=O)NCC(=O)N1CCCC1.CC(C)C.CCC.CN1CCCC1.CNCC=O.COC=O.O=CNc1csc2c1ccn2-c1ccc(-c2cnc[nH]2)cc1. The molecular weight excluding hydrogens is 733 g/mol. The molecule has 2 fully saturated rings. The normalized spacial score (nSPS) is 12.5. The number of aldehydes is 1. The number of ether oxygens (including phenoxy) is 1. The average Bonchev–Trinajstić information content (AvgIpc) is 4.03. The van der Waals surface area contributed by atoms with Gasteiger partial charge < -0.3 is 44.8 Å². The largest absolute Gasteiger partial charge is 0.471 e. The molecule has 312 valence electrons. The molecule has 0 saturated carbocycles. The molecule has 4 aromatic rings. The Bertz CT molecular complexity index is 1590. The minimum Gasteiger partial charge on any atom is -0.471 e. The van der Waals surface area contributed by atoms with Crippen LogP contribution in [0.1, 0.15) is 73.6 Å². The number of H-pyrrole nitrogens is 1. The highest BCUT2D eigenvalue weighted by Gasteiger charge is 2.17. The molecule has 56 heavy (non-hydrogen) atoms. The molecule has 0 atom stereocenters. The van der Waals surface area contributed by atoms with Crippen molar-refractivity contribution in [3.05, 3.63) is 54.4 Å². The lowest BCUT2D eigenvalue weighted by atomic mass is 10.1. The Hall–Kier alpha value is -4.86. The smallest absolute Gasteiger partial charge is 0.292 e. The first-order valence-electron chi connectivity index (χ1n) is 19.1. The number of anilines is 1. The number of methoxy groups -OCH3 is 1. The summed E-state index contributed by atoms with van der Waals surface area (Å²) in [6, 6.07) is 10.3. The van der Waals surface area contributed by atoms with E-state index in [9.17, 15) is 19.2 Å². The van der Waals surface area contributed by atoms with Gasteiger partial charge in [-0.05, 0) is 82.5 Å². The highest BCUT2D eigenvalue weighted by Crippen LogP contribution is 2.33. The number of rotatable bonds is 9. The summed E-state index contributed by atoms with van der Waals surface area (Å²) in [6.07, 6.45) is 13.3. The first-order valence-corrected chi connectivity index (χ1v) is 19.9. The Morgan fingerprint density at radius 1 is 0.982 bits per heavy atom. The van der Waals surface area contributed by atoms with E-state index >= 15 is 0 Å². The molecule has 3 amide bonds. The van der Waals surface area contributed by atoms with Gasteiger partial charge in [0.25, 0.3) is 6.47 Å². The van der Waals surface area contributed by atoms with E-state index in [4.69, 9.17) is 4.79 Å². The number of carbonyl (C=O) groups excluding carboxylic acids is 5. The van der Waals surface area contributed by atoms with Crippen molar-refractivity contribution in [3.63, 3.8) is 0 Å². The number of nitrogens with zero attached hydrogens (tertiary/aromatic N) is 4. The Morgan fingerprint density at radius 2 is 1.55 bits per heavy atom. The van der Waals surface area contributed by atoms with Gasteiger partial charge in [0, 0.05) is 42.7 Å². The fourth-order valence-electron chi connectivity index (χ4n) is 4.75. The van der Waals surface area contributed by atoms with E-state index in [1.807, 2.05) is 17.6 Å². The Kier molecular flexibility index (Phi) is 29.6. The van der Waals surface area contributed by atoms with Crippen LogP contribution >= 0.6 is 11.3 Å². The van der Waals surface area contributed by atoms with Crippen molar-refractivity contribution in [1.82, 2.24) is 35.0 Å². The number of likely N-dealkylation sites (N-methyl/N-ethyl adjacent to an activating group) is 1. The zero-order valence-corrected chi connectivity index (χ0v) is 35.7. The summed E-state index contributed by atoms with van der Waals surface area (Å²) in [7, 11) is 5.22. The molecule has 3 aromatic heterocycles. The number of thiophene rings is 1. The maximum Gasteiger partial charge on any atom is 0.292 e. The van der Waals surface area contributed by atoms with Crippen LogP contribution in [0.3, 0.4) is 0 Å². The van der Waals surface area contributed by atoms with E-state index in [2.05, 4.69) is 106 Å². The van der Waals surface area contributed by atoms with Crippen LogP contribution in [0.2, 0.25) is 0 Å². The average molecular weight is 799 g/mol. The first-order chi connectivity index (χ1) is 26.9. The fraction of sp³-hybridized carbons (Fsp3) is 0.512. The number of imidazole rings is 1. The number of hydrogen-bond acceptors (Lipinski definition) is 10. The van der Waals surface area contributed by atoms with Gasteiger partial charge in [0.05, 0.1) is 44.1 Å². The van der Waals surface area contributed by atoms with Crippen LogP contribution in [-0.2, 0) is 28.7 Å². The maximum absolute atomic E-state index is 11.3. The van der Waals surface area contributed by atoms with E-state index in [1.165, 1.54) is 46.4 Å². The number of amides is 3. The lowest BCUT2D eigenvalue weighted by molar-refractivity contribution is -0.131. The molecule has 2 aliphatic heterocycles. The van der Waals surface area contributed by atoms with Gasteiger partial charge in [-0.15, -0.1) is 11.3 Å². The monoisotopic (exact) mass is 798 g/mol. The van der Waals surface area contributed by atoms with E-state index in [0.717, 1.165) is 71.0 Å². The van der Waals surface area contributed by atoms with Crippen LogP contribution < -0.4 is 16.0 Å². The van der Waals surface area contributed by atoms with Gasteiger partial charge in [0.15, 0.2) is 0 Å². The molecule has 0 aliphatic carbocycles. The zero-order valence-electron chi connectivity index (χ0n) is 34.9. The van der Waals surface area contributed by atoms with E-state index in [1.54, 1.807) is 35.8 Å². The van der Waals surface area contributed by atoms with Crippen LogP contribution in [-0.4, -0.2) is 116 Å². The Balaban J connectivity index is 0.000000748. The molecule has 14 nitrogen and oxygen atoms in total. The molecule has 0 bridgehead atoms. The standard InChI is InChI=1S/C16H12N4OS.C8H14N2O2.C5H11N.C4H10.C3H7NO.C3H8.C2H4O2/c21-10-19-15-8-22-16-13(15)5-6-20(16)12-3-1-11(2-4-12)14-7-17-9-18-14;1-7(11)9-6-8(12)10-4-2-3-5-10;1-6-4-2-3-5-6;1-4(2)3;1-4-2-3-5;1-3-2;1-4-2-3/h1-10H,(H,17,18)(H,19,21);2-6H2,1H3,(H,9,11);2-5H2,1H3;4H,1-3H3;3-4H,2H2,1H3;3H2,1-2H3;2H,1H3. The maximum atomic E-state index is 11.3. The van der Waals surface area contributed by atoms with Gasteiger partial charge in [-0.3, -0.25) is 19.2 Å². The van der Waals surface area contributed by atoms with Crippen molar-refractivity contribution in [3.8, 4) is 16.9 Å². The summed E-state index contributed by atoms with van der Waals surface area (Å²) >= 11 is 1.61.